The Kier molecular flexibility index (Phi) is 4.96. The molecular weight excluding hydrogens is 303 g/mol. The number of benzene rings is 1. The maximum Gasteiger partial charge on any atom is 0.245 e. The van der Waals surface area contributed by atoms with Gasteiger partial charge in [-0.3, -0.25) is 4.79 Å². The molecule has 2 rings (SSSR count). The lowest BCUT2D eigenvalue weighted by molar-refractivity contribution is -0.120. The molecule has 2 aromatic rings. The van der Waals surface area contributed by atoms with E-state index in [0.29, 0.717) is 16.5 Å². The third kappa shape index (κ3) is 4.35. The van der Waals surface area contributed by atoms with Gasteiger partial charge in [-0.1, -0.05) is 35.3 Å². The molecule has 1 amide bonds. The van der Waals surface area contributed by atoms with Gasteiger partial charge in [0.05, 0.1) is 22.7 Å². The molecule has 19 heavy (non-hydrogen) atoms. The van der Waals surface area contributed by atoms with Crippen LogP contribution in [0.4, 0.5) is 0 Å². The van der Waals surface area contributed by atoms with Gasteiger partial charge in [-0.05, 0) is 29.1 Å². The molecule has 3 nitrogen and oxygen atoms in total. The summed E-state index contributed by atoms with van der Waals surface area (Å²) in [6.45, 7) is 0. The first-order valence-electron chi connectivity index (χ1n) is 5.44. The number of hydrogen-bond acceptors (Lipinski definition) is 3. The Balaban J connectivity index is 1.89. The topological polar surface area (TPSA) is 41.5 Å². The van der Waals surface area contributed by atoms with Crippen LogP contribution < -0.4 is 5.43 Å². The summed E-state index contributed by atoms with van der Waals surface area (Å²) in [6.07, 6.45) is 1.85. The summed E-state index contributed by atoms with van der Waals surface area (Å²) in [6, 6.07) is 8.94. The largest absolute Gasteiger partial charge is 0.273 e. The third-order valence-corrected chi connectivity index (χ3v) is 3.88. The molecule has 6 heteroatoms. The van der Waals surface area contributed by atoms with Gasteiger partial charge in [0.2, 0.25) is 5.91 Å². The predicted octanol–water partition coefficient (Wildman–Crippen LogP) is 3.75. The molecule has 0 atom stereocenters. The summed E-state index contributed by atoms with van der Waals surface area (Å²) in [5, 5.41) is 6.74. The number of nitrogens with one attached hydrogen (secondary N) is 1. The van der Waals surface area contributed by atoms with E-state index in [1.807, 2.05) is 17.5 Å². The highest BCUT2D eigenvalue weighted by molar-refractivity contribution is 7.10. The second-order valence-electron chi connectivity index (χ2n) is 3.72. The first-order valence-corrected chi connectivity index (χ1v) is 7.08. The SMILES string of the molecule is O=C(Cc1cccs1)N/N=C\c1ccc(Cl)c(Cl)c1. The van der Waals surface area contributed by atoms with Crippen LogP contribution in [0.25, 0.3) is 0 Å². The summed E-state index contributed by atoms with van der Waals surface area (Å²) in [7, 11) is 0. The van der Waals surface area contributed by atoms with E-state index in [1.54, 1.807) is 18.2 Å². The van der Waals surface area contributed by atoms with Crippen molar-refractivity contribution in [3.8, 4) is 0 Å². The number of thiophene rings is 1. The lowest BCUT2D eigenvalue weighted by atomic mass is 10.2. The summed E-state index contributed by atoms with van der Waals surface area (Å²) >= 11 is 13.2. The van der Waals surface area contributed by atoms with Gasteiger partial charge in [0.1, 0.15) is 0 Å². The zero-order valence-corrected chi connectivity index (χ0v) is 12.1. The molecule has 1 N–H and O–H groups in total. The fourth-order valence-corrected chi connectivity index (χ4v) is 2.39. The summed E-state index contributed by atoms with van der Waals surface area (Å²) < 4.78 is 0. The Morgan fingerprint density at radius 3 is 2.84 bits per heavy atom. The van der Waals surface area contributed by atoms with Gasteiger partial charge in [-0.25, -0.2) is 5.43 Å². The van der Waals surface area contributed by atoms with Crippen LogP contribution in [0.3, 0.4) is 0 Å². The first-order chi connectivity index (χ1) is 9.15. The number of halogens is 2. The second kappa shape index (κ2) is 6.70. The van der Waals surface area contributed by atoms with Gasteiger partial charge in [-0.2, -0.15) is 5.10 Å². The predicted molar refractivity (Wildman–Crippen MR) is 80.2 cm³/mol. The first kappa shape index (κ1) is 14.1. The minimum Gasteiger partial charge on any atom is -0.273 e. The maximum atomic E-state index is 11.6. The molecule has 1 heterocycles. The van der Waals surface area contributed by atoms with E-state index >= 15 is 0 Å². The minimum absolute atomic E-state index is 0.154. The molecular formula is C13H10Cl2N2OS. The lowest BCUT2D eigenvalue weighted by Gasteiger charge is -1.99. The number of carbonyl (C=O) groups excluding carboxylic acids is 1. The van der Waals surface area contributed by atoms with E-state index in [4.69, 9.17) is 23.2 Å². The van der Waals surface area contributed by atoms with Crippen molar-refractivity contribution in [2.45, 2.75) is 6.42 Å². The Bertz CT molecular complexity index is 597. The quantitative estimate of drug-likeness (QED) is 0.678. The molecule has 0 aliphatic heterocycles. The van der Waals surface area contributed by atoms with Crippen LogP contribution in [0, 0.1) is 0 Å². The van der Waals surface area contributed by atoms with Crippen LogP contribution in [-0.4, -0.2) is 12.1 Å². The van der Waals surface area contributed by atoms with Crippen molar-refractivity contribution in [2.24, 2.45) is 5.10 Å². The van der Waals surface area contributed by atoms with Gasteiger partial charge >= 0.3 is 0 Å². The van der Waals surface area contributed by atoms with Crippen LogP contribution >= 0.6 is 34.5 Å². The van der Waals surface area contributed by atoms with Crippen molar-refractivity contribution in [2.75, 3.05) is 0 Å². The molecule has 0 fully saturated rings. The number of nitrogens with zero attached hydrogens (tertiary/aromatic N) is 1. The zero-order valence-electron chi connectivity index (χ0n) is 9.77. The number of rotatable bonds is 4. The fourth-order valence-electron chi connectivity index (χ4n) is 1.38. The van der Waals surface area contributed by atoms with Crippen molar-refractivity contribution in [3.05, 3.63) is 56.2 Å². The van der Waals surface area contributed by atoms with Crippen molar-refractivity contribution >= 4 is 46.7 Å². The average molecular weight is 313 g/mol. The van der Waals surface area contributed by atoms with E-state index in [0.717, 1.165) is 10.4 Å². The summed E-state index contributed by atoms with van der Waals surface area (Å²) in [5.41, 5.74) is 3.23. The van der Waals surface area contributed by atoms with Gasteiger partial charge in [-0.15, -0.1) is 11.3 Å². The molecule has 1 aromatic heterocycles. The number of hydrazone groups is 1. The van der Waals surface area contributed by atoms with Crippen molar-refractivity contribution in [1.29, 1.82) is 0 Å². The van der Waals surface area contributed by atoms with Crippen molar-refractivity contribution < 1.29 is 4.79 Å². The van der Waals surface area contributed by atoms with E-state index in [2.05, 4.69) is 10.5 Å². The van der Waals surface area contributed by atoms with Gasteiger partial charge in [0.25, 0.3) is 0 Å². The standard InChI is InChI=1S/C13H10Cl2N2OS/c14-11-4-3-9(6-12(11)15)8-16-17-13(18)7-10-2-1-5-19-10/h1-6,8H,7H2,(H,17,18)/b16-8-. The Morgan fingerprint density at radius 1 is 1.32 bits per heavy atom. The summed E-state index contributed by atoms with van der Waals surface area (Å²) in [5.74, 6) is -0.154. The maximum absolute atomic E-state index is 11.6. The van der Waals surface area contributed by atoms with E-state index < -0.39 is 0 Å². The molecule has 0 unspecified atom stereocenters. The Labute approximate surface area is 124 Å². The van der Waals surface area contributed by atoms with Gasteiger partial charge < -0.3 is 0 Å². The molecule has 0 spiro atoms. The van der Waals surface area contributed by atoms with E-state index in [9.17, 15) is 4.79 Å². The number of amides is 1. The second-order valence-corrected chi connectivity index (χ2v) is 5.57. The smallest absolute Gasteiger partial charge is 0.245 e. The van der Waals surface area contributed by atoms with E-state index in [1.165, 1.54) is 17.6 Å². The molecule has 0 aliphatic carbocycles. The van der Waals surface area contributed by atoms with Crippen molar-refractivity contribution in [1.82, 2.24) is 5.43 Å². The van der Waals surface area contributed by atoms with Gasteiger partial charge in [0.15, 0.2) is 0 Å². The van der Waals surface area contributed by atoms with Crippen LogP contribution in [-0.2, 0) is 11.2 Å². The van der Waals surface area contributed by atoms with Crippen LogP contribution in [0.5, 0.6) is 0 Å². The van der Waals surface area contributed by atoms with Gasteiger partial charge in [0, 0.05) is 4.88 Å². The molecule has 98 valence electrons. The molecule has 0 aliphatic rings. The monoisotopic (exact) mass is 312 g/mol. The van der Waals surface area contributed by atoms with Crippen LogP contribution in [0.15, 0.2) is 40.8 Å². The summed E-state index contributed by atoms with van der Waals surface area (Å²) in [4.78, 5) is 12.6. The third-order valence-electron chi connectivity index (χ3n) is 2.26. The Hall–Kier alpha value is -1.36. The highest BCUT2D eigenvalue weighted by atomic mass is 35.5. The highest BCUT2D eigenvalue weighted by Gasteiger charge is 2.02. The minimum atomic E-state index is -0.154. The molecule has 1 aromatic carbocycles. The number of hydrogen-bond donors (Lipinski definition) is 1. The Morgan fingerprint density at radius 2 is 2.16 bits per heavy atom. The highest BCUT2D eigenvalue weighted by Crippen LogP contribution is 2.21. The average Bonchev–Trinajstić information content (AvgIpc) is 2.86. The normalized spacial score (nSPS) is 10.8. The van der Waals surface area contributed by atoms with Crippen molar-refractivity contribution in [3.63, 3.8) is 0 Å². The molecule has 0 saturated heterocycles. The van der Waals surface area contributed by atoms with Crippen LogP contribution in [0.1, 0.15) is 10.4 Å². The van der Waals surface area contributed by atoms with Crippen LogP contribution in [0.2, 0.25) is 10.0 Å². The lowest BCUT2D eigenvalue weighted by Crippen LogP contribution is -2.19. The fraction of sp³-hybridized carbons (Fsp3) is 0.0769. The molecule has 0 saturated carbocycles. The zero-order chi connectivity index (χ0) is 13.7. The molecule has 0 radical (unpaired) electrons. The number of carbonyl (C=O) groups is 1. The van der Waals surface area contributed by atoms with E-state index in [-0.39, 0.29) is 5.91 Å². The molecule has 0 bridgehead atoms.